The molecular weight excluding hydrogens is 813 g/mol. The molecule has 10 heteroatoms. The molecule has 0 unspecified atom stereocenters. The molecule has 4 aromatic carbocycles. The van der Waals surface area contributed by atoms with E-state index in [4.69, 9.17) is 28.9 Å². The van der Waals surface area contributed by atoms with Gasteiger partial charge in [0.1, 0.15) is 11.5 Å². The molecule has 8 bridgehead atoms. The highest BCUT2D eigenvalue weighted by molar-refractivity contribution is 7.24. The molecule has 8 nitrogen and oxygen atoms in total. The molecule has 0 fully saturated rings. The second-order valence-electron chi connectivity index (χ2n) is 14.2. The first-order valence-corrected chi connectivity index (χ1v) is 22.0. The van der Waals surface area contributed by atoms with Gasteiger partial charge >= 0.3 is 11.9 Å². The minimum atomic E-state index is -0.419. The molecule has 9 rings (SSSR count). The highest BCUT2D eigenvalue weighted by Crippen LogP contribution is 2.43. The van der Waals surface area contributed by atoms with E-state index < -0.39 is 11.9 Å². The number of aromatic nitrogens is 2. The topological polar surface area (TPSA) is 96.8 Å². The number of rotatable bonds is 12. The lowest BCUT2D eigenvalue weighted by Gasteiger charge is -2.09. The Morgan fingerprint density at radius 2 is 0.726 bits per heavy atom. The van der Waals surface area contributed by atoms with Gasteiger partial charge in [-0.2, -0.15) is 0 Å². The lowest BCUT2D eigenvalue weighted by atomic mass is 10.0. The number of hydrogen-bond acceptors (Lipinski definition) is 10. The van der Waals surface area contributed by atoms with Crippen molar-refractivity contribution >= 4 is 77.7 Å². The number of carbonyl (C=O) groups is 2. The summed E-state index contributed by atoms with van der Waals surface area (Å²) in [6.45, 7) is 3.78. The van der Waals surface area contributed by atoms with Gasteiger partial charge in [0.25, 0.3) is 0 Å². The summed E-state index contributed by atoms with van der Waals surface area (Å²) < 4.78 is 25.9. The number of carbonyl (C=O) groups excluding carboxylic acids is 2. The summed E-state index contributed by atoms with van der Waals surface area (Å²) in [5.41, 5.74) is 11.4. The van der Waals surface area contributed by atoms with Gasteiger partial charge in [-0.1, -0.05) is 84.9 Å². The van der Waals surface area contributed by atoms with Crippen LogP contribution >= 0.6 is 22.7 Å². The Bertz CT molecular complexity index is 2810. The van der Waals surface area contributed by atoms with Gasteiger partial charge in [-0.3, -0.25) is 0 Å². The Hall–Kier alpha value is -7.14. The largest absolute Gasteiger partial charge is 0.482 e. The van der Waals surface area contributed by atoms with E-state index in [1.54, 1.807) is 36.5 Å². The van der Waals surface area contributed by atoms with E-state index in [0.29, 0.717) is 24.7 Å². The van der Waals surface area contributed by atoms with Crippen LogP contribution in [0.3, 0.4) is 0 Å². The quantitative estimate of drug-likeness (QED) is 0.112. The van der Waals surface area contributed by atoms with Crippen LogP contribution < -0.4 is 9.47 Å². The SMILES string of the molecule is CCOC(=O)COc1ccc(-c2c3nc(c(-c4ccccc4)c4ccc(s4)c(-c4ccccc4)c4nc(c(-c5ccc(OCC(=O)OCC)cc5)c5ccc2s5)C=C4)C=C3)cc1. The molecule has 0 N–H and O–H groups in total. The highest BCUT2D eigenvalue weighted by atomic mass is 32.1. The summed E-state index contributed by atoms with van der Waals surface area (Å²) in [5, 5.41) is 0. The Morgan fingerprint density at radius 3 is 1.03 bits per heavy atom. The van der Waals surface area contributed by atoms with Crippen molar-refractivity contribution in [2.24, 2.45) is 0 Å². The first-order valence-electron chi connectivity index (χ1n) is 20.3. The number of hydrogen-bond donors (Lipinski definition) is 0. The molecule has 5 heterocycles. The molecule has 3 aromatic heterocycles. The third-order valence-electron chi connectivity index (χ3n) is 10.2. The van der Waals surface area contributed by atoms with Gasteiger partial charge in [-0.05, 0) is 109 Å². The van der Waals surface area contributed by atoms with Crippen LogP contribution in [0.2, 0.25) is 0 Å². The van der Waals surface area contributed by atoms with Crippen LogP contribution in [0.4, 0.5) is 0 Å². The van der Waals surface area contributed by atoms with Crippen molar-refractivity contribution in [1.82, 2.24) is 9.97 Å². The van der Waals surface area contributed by atoms with Crippen molar-refractivity contribution in [2.75, 3.05) is 26.4 Å². The lowest BCUT2D eigenvalue weighted by Crippen LogP contribution is -2.14. The van der Waals surface area contributed by atoms with Crippen molar-refractivity contribution in [3.8, 4) is 56.0 Å². The molecule has 2 aliphatic heterocycles. The zero-order valence-electron chi connectivity index (χ0n) is 34.0. The molecule has 2 aliphatic rings. The van der Waals surface area contributed by atoms with Crippen molar-refractivity contribution < 1.29 is 28.5 Å². The van der Waals surface area contributed by atoms with Gasteiger partial charge in [0.15, 0.2) is 13.2 Å². The second kappa shape index (κ2) is 18.2. The molecule has 0 aliphatic carbocycles. The predicted octanol–water partition coefficient (Wildman–Crippen LogP) is 12.7. The Labute approximate surface area is 367 Å². The van der Waals surface area contributed by atoms with Crippen LogP contribution in [-0.4, -0.2) is 48.3 Å². The van der Waals surface area contributed by atoms with Crippen LogP contribution in [0.15, 0.2) is 133 Å². The van der Waals surface area contributed by atoms with Crippen LogP contribution in [0.1, 0.15) is 36.6 Å². The molecule has 0 spiro atoms. The first kappa shape index (κ1) is 40.3. The summed E-state index contributed by atoms with van der Waals surface area (Å²) in [6.07, 6.45) is 8.40. The molecule has 7 aromatic rings. The molecule has 0 radical (unpaired) electrons. The van der Waals surface area contributed by atoms with E-state index in [1.165, 1.54) is 0 Å². The van der Waals surface area contributed by atoms with E-state index in [9.17, 15) is 9.59 Å². The molecule has 0 atom stereocenters. The molecule has 306 valence electrons. The van der Waals surface area contributed by atoms with Gasteiger partial charge in [0.2, 0.25) is 0 Å². The van der Waals surface area contributed by atoms with Gasteiger partial charge in [0.05, 0.1) is 36.0 Å². The van der Waals surface area contributed by atoms with Crippen molar-refractivity contribution in [3.05, 3.63) is 156 Å². The molecule has 0 amide bonds. The number of ether oxygens (including phenoxy) is 4. The van der Waals surface area contributed by atoms with Crippen LogP contribution in [0.5, 0.6) is 11.5 Å². The van der Waals surface area contributed by atoms with Gasteiger partial charge in [-0.15, -0.1) is 22.7 Å². The fourth-order valence-corrected chi connectivity index (χ4v) is 9.81. The average Bonchev–Trinajstić information content (AvgIpc) is 4.15. The van der Waals surface area contributed by atoms with E-state index in [2.05, 4.69) is 97.1 Å². The predicted molar refractivity (Wildman–Crippen MR) is 252 cm³/mol. The third-order valence-corrected chi connectivity index (χ3v) is 12.5. The summed E-state index contributed by atoms with van der Waals surface area (Å²) in [6, 6.07) is 45.0. The summed E-state index contributed by atoms with van der Waals surface area (Å²) in [4.78, 5) is 34.9. The number of esters is 2. The van der Waals surface area contributed by atoms with Crippen LogP contribution in [-0.2, 0) is 19.1 Å². The monoisotopic (exact) mass is 852 g/mol. The fourth-order valence-electron chi connectivity index (χ4n) is 7.50. The van der Waals surface area contributed by atoms with Gasteiger partial charge in [0, 0.05) is 41.1 Å². The Morgan fingerprint density at radius 1 is 0.419 bits per heavy atom. The molecule has 0 saturated carbocycles. The second-order valence-corrected chi connectivity index (χ2v) is 16.4. The minimum absolute atomic E-state index is 0.173. The smallest absolute Gasteiger partial charge is 0.344 e. The zero-order chi connectivity index (χ0) is 42.4. The Kier molecular flexibility index (Phi) is 11.8. The lowest BCUT2D eigenvalue weighted by molar-refractivity contribution is -0.146. The summed E-state index contributed by atoms with van der Waals surface area (Å²) in [7, 11) is 0. The maximum Gasteiger partial charge on any atom is 0.344 e. The summed E-state index contributed by atoms with van der Waals surface area (Å²) in [5.74, 6) is 0.278. The maximum absolute atomic E-state index is 12.1. The number of benzene rings is 4. The standard InChI is InChI=1S/C52H40N2O6S2/c1-3-57-47(55)31-59-37-19-15-35(16-20-37)51-41-25-23-39(53-41)49(33-11-7-5-8-12-33)43-27-28-44(61-43)50(34-13-9-6-10-14-34)40-24-26-42(54-40)52(46-30-29-45(51)62-46)36-17-21-38(22-18-36)60-32-48(56)58-4-2/h5-30H,3-4,31-32H2,1-2H3. The first-order chi connectivity index (χ1) is 30.4. The fraction of sp³-hybridized carbons (Fsp3) is 0.115. The van der Waals surface area contributed by atoms with Gasteiger partial charge < -0.3 is 18.9 Å². The Balaban J connectivity index is 1.31. The number of fused-ring (bicyclic) bond motifs is 8. The van der Waals surface area contributed by atoms with Crippen LogP contribution in [0, 0.1) is 0 Å². The van der Waals surface area contributed by atoms with E-state index in [-0.39, 0.29) is 13.2 Å². The van der Waals surface area contributed by atoms with E-state index in [0.717, 1.165) is 86.1 Å². The molecule has 0 saturated heterocycles. The molecular formula is C52H40N2O6S2. The minimum Gasteiger partial charge on any atom is -0.482 e. The van der Waals surface area contributed by atoms with Crippen molar-refractivity contribution in [1.29, 1.82) is 0 Å². The van der Waals surface area contributed by atoms with Crippen LogP contribution in [0.25, 0.3) is 87.6 Å². The normalized spacial score (nSPS) is 11.6. The zero-order valence-corrected chi connectivity index (χ0v) is 35.6. The van der Waals surface area contributed by atoms with E-state index in [1.807, 2.05) is 60.7 Å². The average molecular weight is 853 g/mol. The number of nitrogens with zero attached hydrogens (tertiary/aromatic N) is 2. The third kappa shape index (κ3) is 8.56. The summed E-state index contributed by atoms with van der Waals surface area (Å²) >= 11 is 3.38. The maximum atomic E-state index is 12.1. The van der Waals surface area contributed by atoms with Crippen molar-refractivity contribution in [3.63, 3.8) is 0 Å². The number of thiophene rings is 2. The highest BCUT2D eigenvalue weighted by Gasteiger charge is 2.20. The van der Waals surface area contributed by atoms with Gasteiger partial charge in [-0.25, -0.2) is 19.6 Å². The molecule has 62 heavy (non-hydrogen) atoms. The van der Waals surface area contributed by atoms with E-state index >= 15 is 0 Å². The van der Waals surface area contributed by atoms with Crippen molar-refractivity contribution in [2.45, 2.75) is 13.8 Å².